The van der Waals surface area contributed by atoms with Crippen LogP contribution in [-0.2, 0) is 60.6 Å². The zero-order valence-electron chi connectivity index (χ0n) is 50.7. The maximum absolute atomic E-state index is 13.7. The van der Waals surface area contributed by atoms with Crippen molar-refractivity contribution in [3.05, 3.63) is 70.2 Å². The van der Waals surface area contributed by atoms with Crippen molar-refractivity contribution in [3.63, 3.8) is 0 Å². The number of ether oxygens (including phenoxy) is 4. The van der Waals surface area contributed by atoms with Gasteiger partial charge in [0.05, 0.1) is 76.9 Å². The number of fused-ring (bicyclic) bond motifs is 1. The summed E-state index contributed by atoms with van der Waals surface area (Å²) in [5, 5.41) is 42.1. The van der Waals surface area contributed by atoms with E-state index in [0.717, 1.165) is 94.1 Å². The molecule has 0 atom stereocenters. The van der Waals surface area contributed by atoms with Crippen molar-refractivity contribution < 1.29 is 63.0 Å². The zero-order chi connectivity index (χ0) is 61.1. The molecule has 3 saturated carbocycles. The van der Waals surface area contributed by atoms with Gasteiger partial charge in [0.2, 0.25) is 11.8 Å². The Morgan fingerprint density at radius 1 is 0.640 bits per heavy atom. The molecule has 0 radical (unpaired) electrons. The van der Waals surface area contributed by atoms with E-state index in [2.05, 4.69) is 82.1 Å². The summed E-state index contributed by atoms with van der Waals surface area (Å²) in [5.74, 6) is -3.52. The Bertz CT molecular complexity index is 2730. The Morgan fingerprint density at radius 3 is 1.65 bits per heavy atom. The second-order valence-corrected chi connectivity index (χ2v) is 24.2. The molecule has 25 nitrogen and oxygen atoms in total. The molecule has 5 heterocycles. The molecule has 3 saturated heterocycles. The summed E-state index contributed by atoms with van der Waals surface area (Å²) in [6.45, 7) is 17.6. The minimum atomic E-state index is -1.04. The zero-order valence-corrected chi connectivity index (χ0v) is 50.7. The van der Waals surface area contributed by atoms with Gasteiger partial charge in [0, 0.05) is 141 Å². The predicted molar refractivity (Wildman–Crippen MR) is 320 cm³/mol. The van der Waals surface area contributed by atoms with Crippen LogP contribution in [0.3, 0.4) is 0 Å². The van der Waals surface area contributed by atoms with E-state index >= 15 is 0 Å². The van der Waals surface area contributed by atoms with Crippen LogP contribution in [-0.4, -0.2) is 284 Å². The Kier molecular flexibility index (Phi) is 24.4. The number of nitrogens with one attached hydrogen (secondary N) is 3. The molecule has 1 aromatic carbocycles. The third-order valence-corrected chi connectivity index (χ3v) is 17.2. The van der Waals surface area contributed by atoms with Crippen LogP contribution in [0.2, 0.25) is 0 Å². The smallest absolute Gasteiger partial charge is 0.317 e. The van der Waals surface area contributed by atoms with Crippen LogP contribution in [0, 0.1) is 24.7 Å². The lowest BCUT2D eigenvalue weighted by molar-refractivity contribution is -0.219. The van der Waals surface area contributed by atoms with Crippen LogP contribution in [0.25, 0.3) is 11.7 Å². The monoisotopic (exact) mass is 1200 g/mol. The first-order valence-corrected chi connectivity index (χ1v) is 30.7. The lowest BCUT2D eigenvalue weighted by Crippen LogP contribution is -2.76. The van der Waals surface area contributed by atoms with Gasteiger partial charge in [0.15, 0.2) is 11.2 Å². The van der Waals surface area contributed by atoms with Crippen molar-refractivity contribution in [3.8, 4) is 0 Å². The number of carbonyl (C=O) groups excluding carboxylic acids is 3. The first-order chi connectivity index (χ1) is 41.4. The lowest BCUT2D eigenvalue weighted by Gasteiger charge is -2.71. The molecule has 3 amide bonds. The quantitative estimate of drug-likeness (QED) is 0.0458. The van der Waals surface area contributed by atoms with E-state index in [-0.39, 0.29) is 67.9 Å². The van der Waals surface area contributed by atoms with Crippen molar-refractivity contribution in [2.24, 2.45) is 10.8 Å². The molecule has 9 rings (SSSR count). The van der Waals surface area contributed by atoms with E-state index in [4.69, 9.17) is 29.0 Å². The van der Waals surface area contributed by atoms with Gasteiger partial charge < -0.3 is 55.1 Å². The Balaban J connectivity index is 0.619. The number of carboxylic acid groups (broad SMARTS) is 3. The van der Waals surface area contributed by atoms with Crippen LogP contribution >= 0.6 is 0 Å². The molecule has 3 aromatic rings. The van der Waals surface area contributed by atoms with Crippen LogP contribution in [0.1, 0.15) is 72.8 Å². The van der Waals surface area contributed by atoms with Gasteiger partial charge in [-0.05, 0) is 75.0 Å². The number of aliphatic carboxylic acids is 3. The molecule has 6 N–H and O–H groups in total. The van der Waals surface area contributed by atoms with Gasteiger partial charge in [-0.15, -0.1) is 0 Å². The highest BCUT2D eigenvalue weighted by atomic mass is 16.5. The van der Waals surface area contributed by atoms with Crippen LogP contribution in [0.4, 0.5) is 0 Å². The number of carboxylic acids is 3. The van der Waals surface area contributed by atoms with Crippen molar-refractivity contribution >= 4 is 47.4 Å². The van der Waals surface area contributed by atoms with Crippen LogP contribution in [0.5, 0.6) is 0 Å². The number of benzene rings is 1. The third-order valence-electron chi connectivity index (χ3n) is 17.2. The largest absolute Gasteiger partial charge is 0.480 e. The molecule has 6 aliphatic rings. The van der Waals surface area contributed by atoms with Gasteiger partial charge in [-0.3, -0.25) is 53.3 Å². The summed E-state index contributed by atoms with van der Waals surface area (Å²) in [5.41, 5.74) is 6.57. The predicted octanol–water partition coefficient (Wildman–Crippen LogP) is 0.723. The summed E-state index contributed by atoms with van der Waals surface area (Å²) >= 11 is 0. The van der Waals surface area contributed by atoms with Crippen molar-refractivity contribution in [1.29, 1.82) is 0 Å². The minimum absolute atomic E-state index is 0.0302. The van der Waals surface area contributed by atoms with Crippen LogP contribution < -0.4 is 16.0 Å². The molecule has 3 aliphatic heterocycles. The average molecular weight is 1200 g/mol. The summed E-state index contributed by atoms with van der Waals surface area (Å²) in [4.78, 5) is 91.4. The second-order valence-electron chi connectivity index (χ2n) is 24.2. The Hall–Kier alpha value is -6.00. The molecule has 0 spiro atoms. The molecule has 2 aromatic heterocycles. The van der Waals surface area contributed by atoms with E-state index in [0.29, 0.717) is 118 Å². The van der Waals surface area contributed by atoms with E-state index in [9.17, 15) is 44.1 Å². The molecular weight excluding hydrogens is 1110 g/mol. The number of piperazine rings is 1. The highest BCUT2D eigenvalue weighted by molar-refractivity contribution is 5.95. The summed E-state index contributed by atoms with van der Waals surface area (Å²) < 4.78 is 24.4. The fourth-order valence-corrected chi connectivity index (χ4v) is 12.6. The van der Waals surface area contributed by atoms with Gasteiger partial charge in [0.25, 0.3) is 5.91 Å². The molecule has 6 fully saturated rings. The summed E-state index contributed by atoms with van der Waals surface area (Å²) in [6, 6.07) is 10.9. The molecular formula is C61H92N12O13. The number of nitrogens with zero attached hydrogens (tertiary/aromatic N) is 9. The number of hydrogen-bond acceptors (Lipinski definition) is 18. The maximum Gasteiger partial charge on any atom is 0.317 e. The summed E-state index contributed by atoms with van der Waals surface area (Å²) in [6.07, 6.45) is 9.91. The standard InChI is InChI=1S/C61H92N12O13/c1-4-51-50(56-64-46(2)34-47(3)73(56)66-51)35-49-11-9-48(10-12-49)8-5-15-67-16-26-72(27-17-67)43-59-40-60(41-59,42-59)57(81)65-61(44-86-45-61)58(82)63-14-7-29-84-31-33-85-32-30-83-28-6-13-62-52(74)36-68-18-20-69(37-53(75)76)22-24-71(39-55(79)80)25-23-70(21-19-68)38-54(77)78/h5,8-12,34H,4,6-7,13-33,35-45H2,1-3H3,(H,62,74)(H,63,82)(H,65,81)(H,75,76)(H,77,78)(H,79,80)/b8-5+. The van der Waals surface area contributed by atoms with Crippen molar-refractivity contribution in [1.82, 2.24) is 59.9 Å². The van der Waals surface area contributed by atoms with Gasteiger partial charge in [-0.25, -0.2) is 9.50 Å². The van der Waals surface area contributed by atoms with E-state index in [1.165, 1.54) is 16.7 Å². The van der Waals surface area contributed by atoms with E-state index in [1.54, 1.807) is 14.7 Å². The van der Waals surface area contributed by atoms with E-state index in [1.807, 2.05) is 16.3 Å². The average Bonchev–Trinajstić information content (AvgIpc) is 0.771. The maximum atomic E-state index is 13.7. The molecule has 474 valence electrons. The number of carbonyl (C=O) groups is 6. The van der Waals surface area contributed by atoms with Crippen molar-refractivity contribution in [2.45, 2.75) is 71.3 Å². The first-order valence-electron chi connectivity index (χ1n) is 30.7. The fourth-order valence-electron chi connectivity index (χ4n) is 12.6. The van der Waals surface area contributed by atoms with Crippen LogP contribution in [0.15, 0.2) is 36.4 Å². The topological polar surface area (TPSA) is 286 Å². The second kappa shape index (κ2) is 31.8. The molecule has 0 unspecified atom stereocenters. The van der Waals surface area contributed by atoms with Gasteiger partial charge in [-0.2, -0.15) is 5.10 Å². The normalized spacial score (nSPS) is 21.8. The number of aromatic nitrogens is 3. The molecule has 2 bridgehead atoms. The Labute approximate surface area is 504 Å². The molecule has 25 heteroatoms. The number of amides is 3. The number of rotatable bonds is 33. The molecule has 86 heavy (non-hydrogen) atoms. The highest BCUT2D eigenvalue weighted by Gasteiger charge is 2.72. The minimum Gasteiger partial charge on any atom is -0.480 e. The SMILES string of the molecule is CCc1nn2c(C)cc(C)nc2c1Cc1ccc(/C=C/CN2CCN(CC34CC(C(=O)NC5(C(=O)NCCCOCCOCCOCCCNC(=O)CN6CCN(CC(=O)O)CCN(CC(=O)O)CCN(CC(=O)O)CC6)COC5)(C3)C4)CC2)cc1. The summed E-state index contributed by atoms with van der Waals surface area (Å²) in [7, 11) is 0. The van der Waals surface area contributed by atoms with Gasteiger partial charge in [0.1, 0.15) is 0 Å². The highest BCUT2D eigenvalue weighted by Crippen LogP contribution is 2.73. The first kappa shape index (κ1) is 66.0. The van der Waals surface area contributed by atoms with Gasteiger partial charge in [-0.1, -0.05) is 43.3 Å². The Morgan fingerprint density at radius 2 is 1.14 bits per heavy atom. The lowest BCUT2D eigenvalue weighted by atomic mass is 9.34. The van der Waals surface area contributed by atoms with Gasteiger partial charge >= 0.3 is 17.9 Å². The van der Waals surface area contributed by atoms with E-state index < -0.39 is 23.4 Å². The fraction of sp³-hybridized carbons (Fsp3) is 0.672. The van der Waals surface area contributed by atoms with Crippen molar-refractivity contribution in [2.75, 3.05) is 184 Å². The number of hydrogen-bond donors (Lipinski definition) is 6. The molecule has 3 aliphatic carbocycles. The third kappa shape index (κ3) is 19.0. The number of aryl methyl sites for hydroxylation is 3.